The van der Waals surface area contributed by atoms with E-state index in [9.17, 15) is 4.79 Å². The molecular formula is C19H25Cl2N5O2. The molecular weight excluding hydrogens is 401 g/mol. The second-order valence-electron chi connectivity index (χ2n) is 6.26. The molecule has 0 saturated carbocycles. The zero-order valence-corrected chi connectivity index (χ0v) is 17.2. The van der Waals surface area contributed by atoms with Gasteiger partial charge in [0.1, 0.15) is 11.8 Å². The predicted molar refractivity (Wildman–Crippen MR) is 99.5 cm³/mol. The van der Waals surface area contributed by atoms with Crippen molar-refractivity contribution >= 4 is 16.9 Å². The van der Waals surface area contributed by atoms with Gasteiger partial charge in [-0.2, -0.15) is 0 Å². The van der Waals surface area contributed by atoms with Crippen molar-refractivity contribution in [2.75, 3.05) is 20.2 Å². The number of rotatable bonds is 7. The van der Waals surface area contributed by atoms with Crippen LogP contribution in [0.3, 0.4) is 0 Å². The number of hydrogen-bond donors (Lipinski definition) is 4. The average Bonchev–Trinajstić information content (AvgIpc) is 3.10. The van der Waals surface area contributed by atoms with Gasteiger partial charge in [0, 0.05) is 0 Å². The molecule has 152 valence electrons. The van der Waals surface area contributed by atoms with Crippen molar-refractivity contribution in [2.24, 2.45) is 0 Å². The summed E-state index contributed by atoms with van der Waals surface area (Å²) in [4.78, 5) is 19.8. The number of nitrogens with zero attached hydrogens (tertiary/aromatic N) is 1. The number of imidazole rings is 1. The van der Waals surface area contributed by atoms with Crippen LogP contribution in [0.5, 0.6) is 5.75 Å². The molecule has 1 heterocycles. The number of ether oxygens (including phenoxy) is 1. The SMILES string of the molecule is COc1ccc(-c2ccc3nc(C(=O)NC[C@@H]([NH3+])CC[NH3+])[nH]c3c2)cc1.[Cl-].[Cl-]. The highest BCUT2D eigenvalue weighted by Crippen LogP contribution is 2.25. The summed E-state index contributed by atoms with van der Waals surface area (Å²) in [5, 5.41) is 2.87. The van der Waals surface area contributed by atoms with Gasteiger partial charge < -0.3 is 51.3 Å². The first kappa shape index (κ1) is 23.7. The molecule has 8 N–H and O–H groups in total. The van der Waals surface area contributed by atoms with Crippen LogP contribution in [-0.2, 0) is 0 Å². The Bertz CT molecular complexity index is 899. The van der Waals surface area contributed by atoms with Gasteiger partial charge in [-0.05, 0) is 35.4 Å². The summed E-state index contributed by atoms with van der Waals surface area (Å²) in [6.45, 7) is 1.32. The van der Waals surface area contributed by atoms with E-state index >= 15 is 0 Å². The Morgan fingerprint density at radius 1 is 1.18 bits per heavy atom. The van der Waals surface area contributed by atoms with Crippen LogP contribution in [-0.4, -0.2) is 42.1 Å². The molecule has 0 radical (unpaired) electrons. The first-order valence-corrected chi connectivity index (χ1v) is 8.65. The molecule has 0 unspecified atom stereocenters. The summed E-state index contributed by atoms with van der Waals surface area (Å²) in [6.07, 6.45) is 0.881. The number of halogens is 2. The van der Waals surface area contributed by atoms with E-state index in [0.29, 0.717) is 12.4 Å². The largest absolute Gasteiger partial charge is 1.00 e. The minimum Gasteiger partial charge on any atom is -1.00 e. The molecule has 3 aromatic rings. The van der Waals surface area contributed by atoms with Crippen LogP contribution in [0.25, 0.3) is 22.2 Å². The van der Waals surface area contributed by atoms with Crippen LogP contribution >= 0.6 is 0 Å². The highest BCUT2D eigenvalue weighted by Gasteiger charge is 2.14. The van der Waals surface area contributed by atoms with Crippen LogP contribution < -0.4 is 46.3 Å². The van der Waals surface area contributed by atoms with Crippen molar-refractivity contribution in [2.45, 2.75) is 12.5 Å². The molecule has 1 aromatic heterocycles. The van der Waals surface area contributed by atoms with E-state index in [-0.39, 0.29) is 36.8 Å². The number of aromatic amines is 1. The molecule has 3 rings (SSSR count). The zero-order valence-electron chi connectivity index (χ0n) is 15.7. The van der Waals surface area contributed by atoms with Gasteiger partial charge in [0.05, 0.1) is 37.7 Å². The molecule has 0 bridgehead atoms. The standard InChI is InChI=1S/C19H23N5O2.2ClH/c1-26-15-5-2-12(3-6-15)13-4-7-16-17(10-13)24-18(23-16)19(25)22-11-14(21)8-9-20;;/h2-7,10,14H,8-9,11,20-21H2,1H3,(H,22,25)(H,23,24);2*1H/t14-;;/m0../s1. The maximum Gasteiger partial charge on any atom is 0.287 e. The Morgan fingerprint density at radius 2 is 1.86 bits per heavy atom. The summed E-state index contributed by atoms with van der Waals surface area (Å²) < 4.78 is 5.19. The average molecular weight is 426 g/mol. The highest BCUT2D eigenvalue weighted by atomic mass is 35.5. The first-order chi connectivity index (χ1) is 12.6. The number of nitrogens with one attached hydrogen (secondary N) is 2. The molecule has 2 aromatic carbocycles. The summed E-state index contributed by atoms with van der Waals surface area (Å²) in [7, 11) is 1.65. The third kappa shape index (κ3) is 5.59. The first-order valence-electron chi connectivity index (χ1n) is 8.65. The summed E-state index contributed by atoms with van der Waals surface area (Å²) in [6, 6.07) is 13.9. The second kappa shape index (κ2) is 10.9. The lowest BCUT2D eigenvalue weighted by molar-refractivity contribution is -0.439. The van der Waals surface area contributed by atoms with E-state index in [4.69, 9.17) is 4.74 Å². The van der Waals surface area contributed by atoms with Crippen LogP contribution in [0.1, 0.15) is 17.0 Å². The fourth-order valence-electron chi connectivity index (χ4n) is 2.79. The molecule has 1 atom stereocenters. The maximum absolute atomic E-state index is 12.3. The van der Waals surface area contributed by atoms with Crippen molar-refractivity contribution < 1.29 is 45.8 Å². The molecule has 1 amide bonds. The molecule has 28 heavy (non-hydrogen) atoms. The number of amides is 1. The van der Waals surface area contributed by atoms with Crippen LogP contribution in [0.2, 0.25) is 0 Å². The van der Waals surface area contributed by atoms with Gasteiger partial charge in [-0.3, -0.25) is 4.79 Å². The van der Waals surface area contributed by atoms with Crippen LogP contribution in [0, 0.1) is 0 Å². The van der Waals surface area contributed by atoms with E-state index in [1.807, 2.05) is 42.5 Å². The number of fused-ring (bicyclic) bond motifs is 1. The van der Waals surface area contributed by atoms with Crippen molar-refractivity contribution in [1.29, 1.82) is 0 Å². The van der Waals surface area contributed by atoms with Crippen molar-refractivity contribution in [3.63, 3.8) is 0 Å². The number of H-pyrrole nitrogens is 1. The normalized spacial score (nSPS) is 11.2. The third-order valence-corrected chi connectivity index (χ3v) is 4.28. The van der Waals surface area contributed by atoms with Gasteiger partial charge in [-0.1, -0.05) is 18.2 Å². The van der Waals surface area contributed by atoms with Gasteiger partial charge in [0.2, 0.25) is 0 Å². The molecule has 0 spiro atoms. The minimum atomic E-state index is -0.218. The fourth-order valence-corrected chi connectivity index (χ4v) is 2.79. The van der Waals surface area contributed by atoms with E-state index in [0.717, 1.165) is 40.9 Å². The van der Waals surface area contributed by atoms with Crippen LogP contribution in [0.15, 0.2) is 42.5 Å². The minimum absolute atomic E-state index is 0. The summed E-state index contributed by atoms with van der Waals surface area (Å²) in [5.74, 6) is 0.913. The molecule has 7 nitrogen and oxygen atoms in total. The molecule has 0 aliphatic carbocycles. The highest BCUT2D eigenvalue weighted by molar-refractivity contribution is 5.94. The van der Waals surface area contributed by atoms with Gasteiger partial charge in [0.15, 0.2) is 5.82 Å². The molecule has 0 aliphatic heterocycles. The Labute approximate surface area is 176 Å². The van der Waals surface area contributed by atoms with E-state index in [2.05, 4.69) is 26.8 Å². The number of quaternary nitrogens is 2. The Hall–Kier alpha value is -2.32. The fraction of sp³-hybridized carbons (Fsp3) is 0.263. The third-order valence-electron chi connectivity index (χ3n) is 4.28. The Balaban J connectivity index is 0.00000196. The monoisotopic (exact) mass is 425 g/mol. The van der Waals surface area contributed by atoms with Crippen molar-refractivity contribution in [1.82, 2.24) is 15.3 Å². The lowest BCUT2D eigenvalue weighted by Gasteiger charge is -2.06. The zero-order chi connectivity index (χ0) is 18.5. The number of methoxy groups -OCH3 is 1. The quantitative estimate of drug-likeness (QED) is 0.301. The number of carbonyl (C=O) groups excluding carboxylic acids is 1. The number of aromatic nitrogens is 2. The smallest absolute Gasteiger partial charge is 0.287 e. The molecule has 0 fully saturated rings. The van der Waals surface area contributed by atoms with E-state index in [1.165, 1.54) is 0 Å². The van der Waals surface area contributed by atoms with E-state index < -0.39 is 0 Å². The lowest BCUT2D eigenvalue weighted by atomic mass is 10.1. The van der Waals surface area contributed by atoms with Gasteiger partial charge in [0.25, 0.3) is 5.91 Å². The molecule has 0 saturated heterocycles. The Kier molecular flexibility index (Phi) is 9.21. The number of hydrogen-bond acceptors (Lipinski definition) is 3. The van der Waals surface area contributed by atoms with Gasteiger partial charge in [-0.15, -0.1) is 0 Å². The molecule has 0 aliphatic rings. The van der Waals surface area contributed by atoms with Crippen LogP contribution in [0.4, 0.5) is 0 Å². The van der Waals surface area contributed by atoms with Gasteiger partial charge >= 0.3 is 0 Å². The van der Waals surface area contributed by atoms with Crippen molar-refractivity contribution in [3.8, 4) is 16.9 Å². The number of benzene rings is 2. The van der Waals surface area contributed by atoms with Gasteiger partial charge in [-0.25, -0.2) is 4.98 Å². The lowest BCUT2D eigenvalue weighted by Crippen LogP contribution is -3.00. The molecule has 9 heteroatoms. The predicted octanol–water partition coefficient (Wildman–Crippen LogP) is -5.78. The maximum atomic E-state index is 12.3. The topological polar surface area (TPSA) is 122 Å². The van der Waals surface area contributed by atoms with Crippen molar-refractivity contribution in [3.05, 3.63) is 48.3 Å². The Morgan fingerprint density at radius 3 is 2.50 bits per heavy atom. The van der Waals surface area contributed by atoms with E-state index in [1.54, 1.807) is 7.11 Å². The summed E-state index contributed by atoms with van der Waals surface area (Å²) in [5.41, 5.74) is 11.5. The second-order valence-corrected chi connectivity index (χ2v) is 6.26. The summed E-state index contributed by atoms with van der Waals surface area (Å²) >= 11 is 0. The number of carbonyl (C=O) groups is 1.